The highest BCUT2D eigenvalue weighted by Crippen LogP contribution is 2.36. The van der Waals surface area contributed by atoms with Gasteiger partial charge in [0, 0.05) is 11.6 Å². The molecule has 0 saturated heterocycles. The number of nitrogens with zero attached hydrogens (tertiary/aromatic N) is 2. The average molecular weight is 348 g/mol. The number of hydrogen-bond donors (Lipinski definition) is 3. The number of alkyl halides is 3. The predicted octanol–water partition coefficient (Wildman–Crippen LogP) is 3.10. The van der Waals surface area contributed by atoms with Gasteiger partial charge in [-0.3, -0.25) is 9.20 Å². The zero-order valence-corrected chi connectivity index (χ0v) is 12.8. The number of aromatic hydroxyl groups is 1. The van der Waals surface area contributed by atoms with Crippen LogP contribution in [0.25, 0.3) is 27.7 Å². The number of carbonyl (C=O) groups is 1. The predicted molar refractivity (Wildman–Crippen MR) is 84.5 cm³/mol. The number of phenols is 1. The van der Waals surface area contributed by atoms with Gasteiger partial charge in [0.15, 0.2) is 0 Å². The standard InChI is InChI=1S/C16H11F3N4O2/c1-6-2-3-9(24)11-12(6)23-14-8(10(13(20)25)15(23)22-11)4-7(5-21-14)16(17,18)19/h2-5,22,24H,1H3,(H2,20,25). The number of fused-ring (bicyclic) bond motifs is 5. The number of hydrogen-bond acceptors (Lipinski definition) is 3. The normalized spacial score (nSPS) is 12.5. The number of primary amides is 1. The summed E-state index contributed by atoms with van der Waals surface area (Å²) >= 11 is 0. The number of H-pyrrole nitrogens is 1. The van der Waals surface area contributed by atoms with Crippen LogP contribution >= 0.6 is 0 Å². The highest BCUT2D eigenvalue weighted by Gasteiger charge is 2.33. The minimum atomic E-state index is -4.60. The fraction of sp³-hybridized carbons (Fsp3) is 0.125. The Bertz CT molecular complexity index is 1190. The maximum Gasteiger partial charge on any atom is 0.417 e. The summed E-state index contributed by atoms with van der Waals surface area (Å²) in [5, 5.41) is 10.0. The second-order valence-corrected chi connectivity index (χ2v) is 5.77. The minimum absolute atomic E-state index is 0.00165. The van der Waals surface area contributed by atoms with Crippen LogP contribution in [-0.4, -0.2) is 25.4 Å². The highest BCUT2D eigenvalue weighted by molar-refractivity contribution is 6.14. The fourth-order valence-corrected chi connectivity index (χ4v) is 3.12. The molecule has 0 aliphatic carbocycles. The van der Waals surface area contributed by atoms with E-state index in [0.717, 1.165) is 11.6 Å². The molecule has 0 bridgehead atoms. The lowest BCUT2D eigenvalue weighted by molar-refractivity contribution is -0.137. The number of pyridine rings is 1. The van der Waals surface area contributed by atoms with Gasteiger partial charge in [0.1, 0.15) is 22.6 Å². The number of imidazole rings is 1. The molecule has 0 aliphatic heterocycles. The fourth-order valence-electron chi connectivity index (χ4n) is 3.12. The number of rotatable bonds is 1. The Hall–Kier alpha value is -3.23. The molecule has 6 nitrogen and oxygen atoms in total. The molecule has 0 fully saturated rings. The minimum Gasteiger partial charge on any atom is -0.506 e. The third-order valence-electron chi connectivity index (χ3n) is 4.21. The van der Waals surface area contributed by atoms with E-state index in [0.29, 0.717) is 17.2 Å². The molecule has 0 radical (unpaired) electrons. The monoisotopic (exact) mass is 348 g/mol. The molecular formula is C16H11F3N4O2. The molecule has 3 heterocycles. The first kappa shape index (κ1) is 15.3. The smallest absolute Gasteiger partial charge is 0.417 e. The van der Waals surface area contributed by atoms with Crippen molar-refractivity contribution >= 4 is 33.6 Å². The van der Waals surface area contributed by atoms with Crippen LogP contribution in [0.1, 0.15) is 21.5 Å². The number of amides is 1. The van der Waals surface area contributed by atoms with Gasteiger partial charge in [-0.15, -0.1) is 0 Å². The summed E-state index contributed by atoms with van der Waals surface area (Å²) < 4.78 is 40.5. The lowest BCUT2D eigenvalue weighted by atomic mass is 10.1. The van der Waals surface area contributed by atoms with E-state index in [2.05, 4.69) is 9.97 Å². The molecule has 9 heteroatoms. The van der Waals surface area contributed by atoms with Crippen LogP contribution in [0.4, 0.5) is 13.2 Å². The lowest BCUT2D eigenvalue weighted by Crippen LogP contribution is -2.11. The van der Waals surface area contributed by atoms with Crippen LogP contribution in [0.2, 0.25) is 0 Å². The van der Waals surface area contributed by atoms with E-state index >= 15 is 0 Å². The second kappa shape index (κ2) is 4.65. The van der Waals surface area contributed by atoms with Gasteiger partial charge in [0.05, 0.1) is 16.6 Å². The molecule has 0 saturated carbocycles. The molecule has 0 unspecified atom stereocenters. The van der Waals surface area contributed by atoms with E-state index in [1.807, 2.05) is 0 Å². The molecular weight excluding hydrogens is 337 g/mol. The number of halogens is 3. The Morgan fingerprint density at radius 1 is 1.36 bits per heavy atom. The van der Waals surface area contributed by atoms with Crippen LogP contribution in [0.3, 0.4) is 0 Å². The Kier molecular flexibility index (Phi) is 2.85. The zero-order chi connectivity index (χ0) is 18.1. The van der Waals surface area contributed by atoms with Gasteiger partial charge in [-0.2, -0.15) is 13.2 Å². The molecule has 0 aliphatic rings. The molecule has 1 aromatic carbocycles. The van der Waals surface area contributed by atoms with E-state index in [4.69, 9.17) is 5.73 Å². The summed E-state index contributed by atoms with van der Waals surface area (Å²) in [4.78, 5) is 18.7. The Morgan fingerprint density at radius 3 is 2.72 bits per heavy atom. The van der Waals surface area contributed by atoms with Crippen LogP contribution in [0.5, 0.6) is 5.75 Å². The molecule has 1 amide bonds. The van der Waals surface area contributed by atoms with E-state index in [1.165, 1.54) is 10.5 Å². The average Bonchev–Trinajstić information content (AvgIpc) is 3.04. The van der Waals surface area contributed by atoms with E-state index in [9.17, 15) is 23.1 Å². The molecule has 128 valence electrons. The molecule has 4 aromatic rings. The largest absolute Gasteiger partial charge is 0.506 e. The number of carbonyl (C=O) groups excluding carboxylic acids is 1. The topological polar surface area (TPSA) is 96.4 Å². The van der Waals surface area contributed by atoms with Crippen molar-refractivity contribution in [3.63, 3.8) is 0 Å². The number of aromatic amines is 1. The third kappa shape index (κ3) is 1.98. The first-order valence-electron chi connectivity index (χ1n) is 7.21. The van der Waals surface area contributed by atoms with Crippen LogP contribution < -0.4 is 5.73 Å². The quantitative estimate of drug-likeness (QED) is 0.493. The number of benzene rings is 1. The van der Waals surface area contributed by atoms with Crippen molar-refractivity contribution in [3.05, 3.63) is 41.1 Å². The summed E-state index contributed by atoms with van der Waals surface area (Å²) in [6.45, 7) is 1.77. The van der Waals surface area contributed by atoms with Gasteiger partial charge in [0.25, 0.3) is 5.91 Å². The Labute approximate surface area is 137 Å². The van der Waals surface area contributed by atoms with E-state index in [-0.39, 0.29) is 28.0 Å². The molecule has 4 rings (SSSR count). The van der Waals surface area contributed by atoms with Gasteiger partial charge in [-0.05, 0) is 24.6 Å². The van der Waals surface area contributed by atoms with Gasteiger partial charge >= 0.3 is 6.18 Å². The van der Waals surface area contributed by atoms with E-state index < -0.39 is 17.6 Å². The van der Waals surface area contributed by atoms with Crippen molar-refractivity contribution in [2.45, 2.75) is 13.1 Å². The van der Waals surface area contributed by atoms with Crippen molar-refractivity contribution in [2.75, 3.05) is 0 Å². The number of aryl methyl sites for hydroxylation is 1. The van der Waals surface area contributed by atoms with Crippen molar-refractivity contribution in [1.29, 1.82) is 0 Å². The van der Waals surface area contributed by atoms with Crippen LogP contribution in [0.15, 0.2) is 24.4 Å². The van der Waals surface area contributed by atoms with Crippen molar-refractivity contribution < 1.29 is 23.1 Å². The van der Waals surface area contributed by atoms with Gasteiger partial charge < -0.3 is 15.8 Å². The van der Waals surface area contributed by atoms with Crippen LogP contribution in [-0.2, 0) is 6.18 Å². The first-order valence-corrected chi connectivity index (χ1v) is 7.21. The maximum atomic E-state index is 13.0. The summed E-state index contributed by atoms with van der Waals surface area (Å²) in [5.74, 6) is -0.947. The van der Waals surface area contributed by atoms with Gasteiger partial charge in [-0.25, -0.2) is 4.98 Å². The number of nitrogens with one attached hydrogen (secondary N) is 1. The zero-order valence-electron chi connectivity index (χ0n) is 12.8. The number of phenolic OH excluding ortho intramolecular Hbond substituents is 1. The first-order chi connectivity index (χ1) is 11.7. The van der Waals surface area contributed by atoms with Crippen molar-refractivity contribution in [2.24, 2.45) is 5.73 Å². The Balaban J connectivity index is 2.26. The third-order valence-corrected chi connectivity index (χ3v) is 4.21. The molecule has 4 N–H and O–H groups in total. The SMILES string of the molecule is Cc1ccc(O)c2[nH]c3c(C(N)=O)c4cc(C(F)(F)F)cnc4n3c12. The second-order valence-electron chi connectivity index (χ2n) is 5.77. The number of nitrogens with two attached hydrogens (primary N) is 1. The van der Waals surface area contributed by atoms with E-state index in [1.54, 1.807) is 13.0 Å². The molecule has 0 spiro atoms. The summed E-state index contributed by atoms with van der Waals surface area (Å²) in [5.41, 5.74) is 6.27. The highest BCUT2D eigenvalue weighted by atomic mass is 19.4. The summed E-state index contributed by atoms with van der Waals surface area (Å²) in [6.07, 6.45) is -3.89. The van der Waals surface area contributed by atoms with Gasteiger partial charge in [-0.1, -0.05) is 6.07 Å². The lowest BCUT2D eigenvalue weighted by Gasteiger charge is -2.06. The molecule has 25 heavy (non-hydrogen) atoms. The summed E-state index contributed by atoms with van der Waals surface area (Å²) in [6, 6.07) is 3.99. The number of aromatic nitrogens is 3. The maximum absolute atomic E-state index is 13.0. The summed E-state index contributed by atoms with van der Waals surface area (Å²) in [7, 11) is 0. The van der Waals surface area contributed by atoms with Crippen molar-refractivity contribution in [3.8, 4) is 5.75 Å². The molecule has 3 aromatic heterocycles. The Morgan fingerprint density at radius 2 is 2.08 bits per heavy atom. The van der Waals surface area contributed by atoms with Crippen molar-refractivity contribution in [1.82, 2.24) is 14.4 Å². The molecule has 0 atom stereocenters. The van der Waals surface area contributed by atoms with Gasteiger partial charge in [0.2, 0.25) is 0 Å². The van der Waals surface area contributed by atoms with Crippen LogP contribution in [0, 0.1) is 6.92 Å².